The van der Waals surface area contributed by atoms with E-state index in [1.165, 1.54) is 0 Å². The fourth-order valence-electron chi connectivity index (χ4n) is 1.78. The molecular weight excluding hydrogens is 248 g/mol. The zero-order valence-electron chi connectivity index (χ0n) is 11.0. The van der Waals surface area contributed by atoms with E-state index in [1.807, 2.05) is 6.07 Å². The lowest BCUT2D eigenvalue weighted by molar-refractivity contribution is 0.303. The molecule has 0 aliphatic rings. The molecule has 0 amide bonds. The minimum Gasteiger partial charge on any atom is -0.768 e. The Morgan fingerprint density at radius 1 is 1.33 bits per heavy atom. The summed E-state index contributed by atoms with van der Waals surface area (Å²) >= 11 is -2.15. The number of hydrogen-bond donors (Lipinski definition) is 1. The fraction of sp³-hybridized carbons (Fsp3) is 0.538. The van der Waals surface area contributed by atoms with Gasteiger partial charge in [-0.3, -0.25) is 4.21 Å². The maximum Gasteiger partial charge on any atom is 0.0351 e. The van der Waals surface area contributed by atoms with Crippen molar-refractivity contribution in [2.45, 2.75) is 25.2 Å². The molecule has 1 aromatic carbocycles. The highest BCUT2D eigenvalue weighted by Crippen LogP contribution is 2.12. The molecule has 0 aliphatic carbocycles. The van der Waals surface area contributed by atoms with E-state index in [4.69, 9.17) is 0 Å². The Morgan fingerprint density at radius 2 is 2.06 bits per heavy atom. The van der Waals surface area contributed by atoms with E-state index in [1.54, 1.807) is 18.2 Å². The van der Waals surface area contributed by atoms with Crippen LogP contribution in [0.5, 0.6) is 0 Å². The van der Waals surface area contributed by atoms with Gasteiger partial charge < -0.3 is 14.8 Å². The third-order valence-electron chi connectivity index (χ3n) is 2.90. The third-order valence-corrected chi connectivity index (χ3v) is 3.54. The van der Waals surface area contributed by atoms with Crippen LogP contribution in [0.25, 0.3) is 0 Å². The second-order valence-electron chi connectivity index (χ2n) is 4.07. The highest BCUT2D eigenvalue weighted by atomic mass is 32.2. The second kappa shape index (κ2) is 8.24. The van der Waals surface area contributed by atoms with Crippen molar-refractivity contribution in [2.24, 2.45) is 0 Å². The molecule has 0 saturated carbocycles. The SMILES string of the molecule is CCN(CC)CCCNc1cccc(S(=O)[O-])c1. The molecule has 0 heterocycles. The summed E-state index contributed by atoms with van der Waals surface area (Å²) in [6.45, 7) is 8.37. The summed E-state index contributed by atoms with van der Waals surface area (Å²) in [7, 11) is 0. The Balaban J connectivity index is 2.35. The molecule has 18 heavy (non-hydrogen) atoms. The summed E-state index contributed by atoms with van der Waals surface area (Å²) < 4.78 is 21.6. The molecule has 1 N–H and O–H groups in total. The highest BCUT2D eigenvalue weighted by Gasteiger charge is 1.99. The molecule has 1 unspecified atom stereocenters. The predicted molar refractivity (Wildman–Crippen MR) is 74.5 cm³/mol. The number of anilines is 1. The number of rotatable bonds is 8. The van der Waals surface area contributed by atoms with Crippen LogP contribution in [0.1, 0.15) is 20.3 Å². The molecule has 102 valence electrons. The fourth-order valence-corrected chi connectivity index (χ4v) is 2.20. The van der Waals surface area contributed by atoms with Crippen molar-refractivity contribution in [3.63, 3.8) is 0 Å². The monoisotopic (exact) mass is 269 g/mol. The normalized spacial score (nSPS) is 12.7. The highest BCUT2D eigenvalue weighted by molar-refractivity contribution is 7.79. The lowest BCUT2D eigenvalue weighted by Crippen LogP contribution is -2.25. The first-order valence-corrected chi connectivity index (χ1v) is 7.40. The average Bonchev–Trinajstić information content (AvgIpc) is 2.39. The second-order valence-corrected chi connectivity index (χ2v) is 5.01. The van der Waals surface area contributed by atoms with Crippen LogP contribution in [-0.4, -0.2) is 39.8 Å². The van der Waals surface area contributed by atoms with Gasteiger partial charge in [-0.05, 0) is 55.3 Å². The zero-order chi connectivity index (χ0) is 13.4. The van der Waals surface area contributed by atoms with Crippen molar-refractivity contribution >= 4 is 16.8 Å². The minimum atomic E-state index is -2.15. The lowest BCUT2D eigenvalue weighted by Gasteiger charge is -2.18. The van der Waals surface area contributed by atoms with E-state index in [9.17, 15) is 8.76 Å². The van der Waals surface area contributed by atoms with Crippen LogP contribution in [0.2, 0.25) is 0 Å². The Hall–Kier alpha value is -0.910. The molecule has 0 aliphatic heterocycles. The number of hydrogen-bond acceptors (Lipinski definition) is 4. The maximum absolute atomic E-state index is 10.8. The molecular formula is C13H21N2O2S-. The molecule has 4 nitrogen and oxygen atoms in total. The maximum atomic E-state index is 10.8. The average molecular weight is 269 g/mol. The van der Waals surface area contributed by atoms with Crippen molar-refractivity contribution in [3.8, 4) is 0 Å². The Bertz CT molecular complexity index is 381. The van der Waals surface area contributed by atoms with Gasteiger partial charge in [-0.2, -0.15) is 0 Å². The molecule has 1 atom stereocenters. The largest absolute Gasteiger partial charge is 0.768 e. The van der Waals surface area contributed by atoms with Crippen LogP contribution in [-0.2, 0) is 11.1 Å². The summed E-state index contributed by atoms with van der Waals surface area (Å²) in [5, 5.41) is 3.24. The molecule has 5 heteroatoms. The molecule has 0 spiro atoms. The topological polar surface area (TPSA) is 55.4 Å². The van der Waals surface area contributed by atoms with E-state index < -0.39 is 11.1 Å². The van der Waals surface area contributed by atoms with Gasteiger partial charge in [-0.15, -0.1) is 0 Å². The molecule has 1 rings (SSSR count). The zero-order valence-corrected chi connectivity index (χ0v) is 11.8. The molecule has 0 saturated heterocycles. The van der Waals surface area contributed by atoms with E-state index >= 15 is 0 Å². The molecule has 1 aromatic rings. The van der Waals surface area contributed by atoms with Crippen LogP contribution < -0.4 is 5.32 Å². The first kappa shape index (κ1) is 15.1. The smallest absolute Gasteiger partial charge is 0.0351 e. The van der Waals surface area contributed by atoms with Gasteiger partial charge >= 0.3 is 0 Å². The molecule has 0 aromatic heterocycles. The summed E-state index contributed by atoms with van der Waals surface area (Å²) in [4.78, 5) is 2.69. The van der Waals surface area contributed by atoms with Crippen molar-refractivity contribution in [3.05, 3.63) is 24.3 Å². The van der Waals surface area contributed by atoms with Crippen LogP contribution in [0.4, 0.5) is 5.69 Å². The lowest BCUT2D eigenvalue weighted by atomic mass is 10.3. The Morgan fingerprint density at radius 3 is 2.67 bits per heavy atom. The quantitative estimate of drug-likeness (QED) is 0.580. The van der Waals surface area contributed by atoms with Crippen LogP contribution in [0.3, 0.4) is 0 Å². The van der Waals surface area contributed by atoms with Crippen LogP contribution >= 0.6 is 0 Å². The molecule has 0 bridgehead atoms. The first-order chi connectivity index (χ1) is 8.67. The first-order valence-electron chi connectivity index (χ1n) is 6.33. The van der Waals surface area contributed by atoms with Gasteiger partial charge in [0.15, 0.2) is 0 Å². The standard InChI is InChI=1S/C13H22N2O2S/c1-3-15(4-2)10-6-9-14-12-7-5-8-13(11-12)18(16)17/h5,7-8,11,14H,3-4,6,9-10H2,1-2H3,(H,16,17)/p-1. The van der Waals surface area contributed by atoms with Gasteiger partial charge in [0.25, 0.3) is 0 Å². The molecule has 0 fully saturated rings. The van der Waals surface area contributed by atoms with Gasteiger partial charge in [0.2, 0.25) is 0 Å². The summed E-state index contributed by atoms with van der Waals surface area (Å²) in [5.74, 6) is 0. The number of nitrogens with one attached hydrogen (secondary N) is 1. The van der Waals surface area contributed by atoms with Gasteiger partial charge in [-0.25, -0.2) is 0 Å². The van der Waals surface area contributed by atoms with Crippen molar-refractivity contribution in [1.82, 2.24) is 4.90 Å². The summed E-state index contributed by atoms with van der Waals surface area (Å²) in [6, 6.07) is 6.87. The van der Waals surface area contributed by atoms with Crippen LogP contribution in [0.15, 0.2) is 29.2 Å². The van der Waals surface area contributed by atoms with Crippen LogP contribution in [0, 0.1) is 0 Å². The predicted octanol–water partition coefficient (Wildman–Crippen LogP) is 2.07. The van der Waals surface area contributed by atoms with Crippen molar-refractivity contribution < 1.29 is 8.76 Å². The van der Waals surface area contributed by atoms with E-state index in [0.717, 1.165) is 38.3 Å². The van der Waals surface area contributed by atoms with Crippen molar-refractivity contribution in [2.75, 3.05) is 31.5 Å². The minimum absolute atomic E-state index is 0.323. The van der Waals surface area contributed by atoms with Gasteiger partial charge in [-0.1, -0.05) is 19.9 Å². The van der Waals surface area contributed by atoms with E-state index in [0.29, 0.717) is 4.90 Å². The number of benzene rings is 1. The van der Waals surface area contributed by atoms with E-state index in [-0.39, 0.29) is 0 Å². The van der Waals surface area contributed by atoms with Crippen molar-refractivity contribution in [1.29, 1.82) is 0 Å². The Kier molecular flexibility index (Phi) is 6.93. The van der Waals surface area contributed by atoms with Gasteiger partial charge in [0.05, 0.1) is 0 Å². The molecule has 0 radical (unpaired) electrons. The number of nitrogens with zero attached hydrogens (tertiary/aromatic N) is 1. The Labute approximate surface area is 112 Å². The summed E-state index contributed by atoms with van der Waals surface area (Å²) in [5.41, 5.74) is 0.858. The van der Waals surface area contributed by atoms with Gasteiger partial charge in [0, 0.05) is 17.1 Å². The third kappa shape index (κ3) is 5.16. The van der Waals surface area contributed by atoms with E-state index in [2.05, 4.69) is 24.1 Å². The van der Waals surface area contributed by atoms with Gasteiger partial charge in [0.1, 0.15) is 0 Å². The summed E-state index contributed by atoms with van der Waals surface area (Å²) in [6.07, 6.45) is 1.05.